The fourth-order valence-electron chi connectivity index (χ4n) is 2.88. The minimum Gasteiger partial charge on any atom is -0.361 e. The number of aliphatic imine (C=N–C) groups is 1. The first kappa shape index (κ1) is 24.3. The maximum Gasteiger partial charge on any atom is 0.191 e. The first-order valence-electron chi connectivity index (χ1n) is 9.43. The van der Waals surface area contributed by atoms with Crippen molar-refractivity contribution >= 4 is 29.9 Å². The zero-order valence-electron chi connectivity index (χ0n) is 16.8. The Morgan fingerprint density at radius 3 is 2.54 bits per heavy atom. The Balaban J connectivity index is 0.00000392. The molecule has 2 aromatic rings. The molecule has 0 aliphatic rings. The number of rotatable bonds is 8. The Morgan fingerprint density at radius 2 is 1.93 bits per heavy atom. The summed E-state index contributed by atoms with van der Waals surface area (Å²) in [7, 11) is 0. The molecule has 28 heavy (non-hydrogen) atoms. The van der Waals surface area contributed by atoms with Crippen LogP contribution in [0.15, 0.2) is 27.7 Å². The van der Waals surface area contributed by atoms with Gasteiger partial charge in [0.2, 0.25) is 0 Å². The minimum absolute atomic E-state index is 0. The van der Waals surface area contributed by atoms with Gasteiger partial charge in [0, 0.05) is 37.1 Å². The molecule has 0 saturated heterocycles. The van der Waals surface area contributed by atoms with Gasteiger partial charge in [-0.3, -0.25) is 0 Å². The van der Waals surface area contributed by atoms with Gasteiger partial charge in [-0.15, -0.1) is 24.0 Å². The van der Waals surface area contributed by atoms with E-state index in [1.165, 1.54) is 12.1 Å². The first-order valence-corrected chi connectivity index (χ1v) is 9.43. The second-order valence-electron chi connectivity index (χ2n) is 6.38. The van der Waals surface area contributed by atoms with Crippen molar-refractivity contribution < 1.29 is 13.3 Å². The molecule has 0 fully saturated rings. The van der Waals surface area contributed by atoms with Crippen LogP contribution in [0, 0.1) is 11.6 Å². The van der Waals surface area contributed by atoms with Gasteiger partial charge in [0.15, 0.2) is 5.96 Å². The number of nitrogens with zero attached hydrogens (tertiary/aromatic N) is 2. The largest absolute Gasteiger partial charge is 0.361 e. The smallest absolute Gasteiger partial charge is 0.191 e. The van der Waals surface area contributed by atoms with Gasteiger partial charge < -0.3 is 15.2 Å². The predicted molar refractivity (Wildman–Crippen MR) is 118 cm³/mol. The van der Waals surface area contributed by atoms with E-state index in [2.05, 4.69) is 20.8 Å². The SMILES string of the molecule is CCNC(=NCc1c(CC)noc1CC)NCC(C)c1ccc(F)cc1F.I. The fraction of sp³-hybridized carbons (Fsp3) is 0.500. The summed E-state index contributed by atoms with van der Waals surface area (Å²) in [6.07, 6.45) is 1.56. The molecule has 0 spiro atoms. The van der Waals surface area contributed by atoms with Gasteiger partial charge >= 0.3 is 0 Å². The molecular formula is C20H29F2IN4O. The molecule has 0 aliphatic carbocycles. The van der Waals surface area contributed by atoms with Crippen molar-refractivity contribution in [3.05, 3.63) is 52.4 Å². The van der Waals surface area contributed by atoms with Crippen LogP contribution in [0.25, 0.3) is 0 Å². The summed E-state index contributed by atoms with van der Waals surface area (Å²) < 4.78 is 32.4. The number of hydrogen-bond donors (Lipinski definition) is 2. The zero-order valence-corrected chi connectivity index (χ0v) is 19.1. The Hall–Kier alpha value is -1.71. The second kappa shape index (κ2) is 12.0. The van der Waals surface area contributed by atoms with E-state index in [-0.39, 0.29) is 29.9 Å². The lowest BCUT2D eigenvalue weighted by atomic mass is 10.0. The highest BCUT2D eigenvalue weighted by molar-refractivity contribution is 14.0. The molecule has 0 radical (unpaired) electrons. The maximum absolute atomic E-state index is 13.9. The van der Waals surface area contributed by atoms with Gasteiger partial charge in [-0.25, -0.2) is 13.8 Å². The van der Waals surface area contributed by atoms with Gasteiger partial charge in [-0.05, 0) is 25.0 Å². The van der Waals surface area contributed by atoms with Crippen LogP contribution in [0.2, 0.25) is 0 Å². The maximum atomic E-state index is 13.9. The van der Waals surface area contributed by atoms with Crippen LogP contribution in [-0.4, -0.2) is 24.2 Å². The molecule has 8 heteroatoms. The summed E-state index contributed by atoms with van der Waals surface area (Å²) in [5, 5.41) is 10.5. The van der Waals surface area contributed by atoms with Gasteiger partial charge in [0.1, 0.15) is 17.4 Å². The molecule has 1 aromatic heterocycles. The van der Waals surface area contributed by atoms with Gasteiger partial charge in [0.25, 0.3) is 0 Å². The highest BCUT2D eigenvalue weighted by Gasteiger charge is 2.14. The molecule has 2 N–H and O–H groups in total. The Morgan fingerprint density at radius 1 is 1.18 bits per heavy atom. The lowest BCUT2D eigenvalue weighted by Crippen LogP contribution is -2.39. The monoisotopic (exact) mass is 506 g/mol. The van der Waals surface area contributed by atoms with E-state index in [9.17, 15) is 8.78 Å². The van der Waals surface area contributed by atoms with E-state index in [1.807, 2.05) is 27.7 Å². The van der Waals surface area contributed by atoms with E-state index in [4.69, 9.17) is 4.52 Å². The molecule has 0 amide bonds. The molecule has 1 unspecified atom stereocenters. The highest BCUT2D eigenvalue weighted by Crippen LogP contribution is 2.19. The predicted octanol–water partition coefficient (Wildman–Crippen LogP) is 4.55. The van der Waals surface area contributed by atoms with Gasteiger partial charge in [0.05, 0.1) is 12.2 Å². The summed E-state index contributed by atoms with van der Waals surface area (Å²) in [6.45, 7) is 9.56. The number of aromatic nitrogens is 1. The molecule has 156 valence electrons. The summed E-state index contributed by atoms with van der Waals surface area (Å²) in [6, 6.07) is 3.67. The normalized spacial score (nSPS) is 12.4. The number of halogens is 3. The van der Waals surface area contributed by atoms with E-state index < -0.39 is 11.6 Å². The lowest BCUT2D eigenvalue weighted by molar-refractivity contribution is 0.380. The number of aryl methyl sites for hydroxylation is 2. The zero-order chi connectivity index (χ0) is 19.8. The molecule has 1 heterocycles. The van der Waals surface area contributed by atoms with Gasteiger partial charge in [-0.2, -0.15) is 0 Å². The summed E-state index contributed by atoms with van der Waals surface area (Å²) in [5.41, 5.74) is 2.42. The van der Waals surface area contributed by atoms with E-state index in [0.29, 0.717) is 31.2 Å². The Bertz CT molecular complexity index is 758. The summed E-state index contributed by atoms with van der Waals surface area (Å²) >= 11 is 0. The Kier molecular flexibility index (Phi) is 10.4. The minimum atomic E-state index is -0.571. The van der Waals surface area contributed by atoms with Crippen molar-refractivity contribution in [2.45, 2.75) is 53.0 Å². The topological polar surface area (TPSA) is 62.5 Å². The van der Waals surface area contributed by atoms with Crippen molar-refractivity contribution in [3.63, 3.8) is 0 Å². The van der Waals surface area contributed by atoms with Crippen molar-refractivity contribution in [1.82, 2.24) is 15.8 Å². The quantitative estimate of drug-likeness (QED) is 0.313. The van der Waals surface area contributed by atoms with Crippen LogP contribution in [-0.2, 0) is 19.4 Å². The van der Waals surface area contributed by atoms with Crippen LogP contribution in [0.1, 0.15) is 56.2 Å². The molecule has 0 bridgehead atoms. The van der Waals surface area contributed by atoms with Crippen molar-refractivity contribution in [1.29, 1.82) is 0 Å². The highest BCUT2D eigenvalue weighted by atomic mass is 127. The van der Waals surface area contributed by atoms with Crippen LogP contribution >= 0.6 is 24.0 Å². The molecule has 0 aliphatic heterocycles. The van der Waals surface area contributed by atoms with Crippen molar-refractivity contribution in [2.75, 3.05) is 13.1 Å². The molecule has 0 saturated carbocycles. The van der Waals surface area contributed by atoms with Crippen LogP contribution in [0.3, 0.4) is 0 Å². The third-order valence-corrected chi connectivity index (χ3v) is 4.42. The number of nitrogens with one attached hydrogen (secondary N) is 2. The number of guanidine groups is 1. The molecule has 2 rings (SSSR count). The second-order valence-corrected chi connectivity index (χ2v) is 6.38. The fourth-order valence-corrected chi connectivity index (χ4v) is 2.88. The van der Waals surface area contributed by atoms with E-state index in [1.54, 1.807) is 0 Å². The van der Waals surface area contributed by atoms with Crippen molar-refractivity contribution in [3.8, 4) is 0 Å². The van der Waals surface area contributed by atoms with Gasteiger partial charge in [-0.1, -0.05) is 32.0 Å². The molecule has 5 nitrogen and oxygen atoms in total. The number of hydrogen-bond acceptors (Lipinski definition) is 3. The number of benzene rings is 1. The van der Waals surface area contributed by atoms with Crippen molar-refractivity contribution in [2.24, 2.45) is 4.99 Å². The lowest BCUT2D eigenvalue weighted by Gasteiger charge is -2.17. The standard InChI is InChI=1S/C20H28F2N4O.HI/c1-5-18-16(19(6-2)27-26-18)12-25-20(23-7-3)24-11-13(4)15-9-8-14(21)10-17(15)22;/h8-10,13H,5-7,11-12H2,1-4H3,(H2,23,24,25);1H. The summed E-state index contributed by atoms with van der Waals surface area (Å²) in [5.74, 6) is 0.252. The molecular weight excluding hydrogens is 477 g/mol. The summed E-state index contributed by atoms with van der Waals surface area (Å²) in [4.78, 5) is 4.62. The van der Waals surface area contributed by atoms with E-state index >= 15 is 0 Å². The third kappa shape index (κ3) is 6.42. The molecule has 1 atom stereocenters. The van der Waals surface area contributed by atoms with E-state index in [0.717, 1.165) is 35.9 Å². The van der Waals surface area contributed by atoms with Crippen LogP contribution < -0.4 is 10.6 Å². The average molecular weight is 506 g/mol. The average Bonchev–Trinajstić information content (AvgIpc) is 3.05. The first-order chi connectivity index (χ1) is 13.0. The third-order valence-electron chi connectivity index (χ3n) is 4.42. The van der Waals surface area contributed by atoms with Crippen LogP contribution in [0.5, 0.6) is 0 Å². The molecule has 1 aromatic carbocycles. The Labute approximate surface area is 182 Å². The van der Waals surface area contributed by atoms with Crippen LogP contribution in [0.4, 0.5) is 8.78 Å².